The number of piperidine rings is 1. The number of nitrogens with two attached hydrogens (primary N) is 1. The standard InChI is InChI=1S/C14H21N3O2/c1-16-14(18)10-3-5-17(6-4-10)12-7-11(15)8-13(9-12)19-2/h7-10H,3-6,15H2,1-2H3,(H,16,18). The number of nitrogens with one attached hydrogen (secondary N) is 1. The topological polar surface area (TPSA) is 67.6 Å². The minimum atomic E-state index is 0.129. The third-order valence-electron chi connectivity index (χ3n) is 3.63. The molecule has 1 aliphatic rings. The zero-order chi connectivity index (χ0) is 13.8. The fourth-order valence-corrected chi connectivity index (χ4v) is 2.51. The van der Waals surface area contributed by atoms with Gasteiger partial charge in [-0.3, -0.25) is 4.79 Å². The van der Waals surface area contributed by atoms with Crippen LogP contribution in [0.5, 0.6) is 5.75 Å². The average Bonchev–Trinajstić information content (AvgIpc) is 2.46. The van der Waals surface area contributed by atoms with Crippen molar-refractivity contribution in [3.8, 4) is 5.75 Å². The highest BCUT2D eigenvalue weighted by atomic mass is 16.5. The summed E-state index contributed by atoms with van der Waals surface area (Å²) in [5.74, 6) is 1.04. The molecule has 1 heterocycles. The van der Waals surface area contributed by atoms with Gasteiger partial charge in [-0.1, -0.05) is 0 Å². The zero-order valence-electron chi connectivity index (χ0n) is 11.5. The SMILES string of the molecule is CNC(=O)C1CCN(c2cc(N)cc(OC)c2)CC1. The molecule has 5 nitrogen and oxygen atoms in total. The van der Waals surface area contributed by atoms with Crippen LogP contribution in [0, 0.1) is 5.92 Å². The third kappa shape index (κ3) is 3.10. The van der Waals surface area contributed by atoms with E-state index >= 15 is 0 Å². The molecule has 2 rings (SSSR count). The number of carbonyl (C=O) groups excluding carboxylic acids is 1. The van der Waals surface area contributed by atoms with Crippen LogP contribution in [-0.2, 0) is 4.79 Å². The summed E-state index contributed by atoms with van der Waals surface area (Å²) < 4.78 is 5.23. The lowest BCUT2D eigenvalue weighted by atomic mass is 9.95. The molecule has 1 fully saturated rings. The number of anilines is 2. The van der Waals surface area contributed by atoms with E-state index in [0.29, 0.717) is 5.69 Å². The molecule has 19 heavy (non-hydrogen) atoms. The van der Waals surface area contributed by atoms with E-state index in [1.54, 1.807) is 20.2 Å². The summed E-state index contributed by atoms with van der Waals surface area (Å²) in [5, 5.41) is 2.72. The molecular weight excluding hydrogens is 242 g/mol. The number of rotatable bonds is 3. The lowest BCUT2D eigenvalue weighted by molar-refractivity contribution is -0.125. The first-order valence-electron chi connectivity index (χ1n) is 6.55. The summed E-state index contributed by atoms with van der Waals surface area (Å²) in [6, 6.07) is 5.74. The first-order valence-corrected chi connectivity index (χ1v) is 6.55. The maximum absolute atomic E-state index is 11.6. The van der Waals surface area contributed by atoms with E-state index in [2.05, 4.69) is 10.2 Å². The number of carbonyl (C=O) groups is 1. The molecule has 0 aromatic heterocycles. The van der Waals surface area contributed by atoms with Gasteiger partial charge in [0.05, 0.1) is 7.11 Å². The van der Waals surface area contributed by atoms with Gasteiger partial charge in [0.1, 0.15) is 5.75 Å². The summed E-state index contributed by atoms with van der Waals surface area (Å²) in [6.07, 6.45) is 1.74. The predicted octanol–water partition coefficient (Wildman–Crippen LogP) is 1.24. The number of ether oxygens (including phenoxy) is 1. The molecule has 1 aliphatic heterocycles. The van der Waals surface area contributed by atoms with Crippen LogP contribution in [-0.4, -0.2) is 33.2 Å². The molecular formula is C14H21N3O2. The van der Waals surface area contributed by atoms with Crippen molar-refractivity contribution in [3.05, 3.63) is 18.2 Å². The van der Waals surface area contributed by atoms with Crippen LogP contribution in [0.1, 0.15) is 12.8 Å². The molecule has 0 radical (unpaired) electrons. The molecule has 0 aliphatic carbocycles. The number of methoxy groups -OCH3 is 1. The van der Waals surface area contributed by atoms with Crippen molar-refractivity contribution in [2.24, 2.45) is 5.92 Å². The molecule has 1 amide bonds. The molecule has 1 aromatic rings. The molecule has 0 bridgehead atoms. The number of nitrogens with zero attached hydrogens (tertiary/aromatic N) is 1. The van der Waals surface area contributed by atoms with Crippen LogP contribution in [0.3, 0.4) is 0 Å². The highest BCUT2D eigenvalue weighted by Gasteiger charge is 2.24. The van der Waals surface area contributed by atoms with E-state index < -0.39 is 0 Å². The maximum atomic E-state index is 11.6. The number of hydrogen-bond donors (Lipinski definition) is 2. The normalized spacial score (nSPS) is 16.2. The van der Waals surface area contributed by atoms with Gasteiger partial charge in [-0.25, -0.2) is 0 Å². The second-order valence-corrected chi connectivity index (χ2v) is 4.84. The number of hydrogen-bond acceptors (Lipinski definition) is 4. The van der Waals surface area contributed by atoms with Gasteiger partial charge in [-0.15, -0.1) is 0 Å². The van der Waals surface area contributed by atoms with Gasteiger partial charge in [0.2, 0.25) is 5.91 Å². The fourth-order valence-electron chi connectivity index (χ4n) is 2.51. The molecule has 3 N–H and O–H groups in total. The van der Waals surface area contributed by atoms with Gasteiger partial charge in [0.15, 0.2) is 0 Å². The largest absolute Gasteiger partial charge is 0.497 e. The van der Waals surface area contributed by atoms with Crippen LogP contribution in [0.15, 0.2) is 18.2 Å². The minimum Gasteiger partial charge on any atom is -0.497 e. The predicted molar refractivity (Wildman–Crippen MR) is 76.4 cm³/mol. The zero-order valence-corrected chi connectivity index (χ0v) is 11.5. The average molecular weight is 263 g/mol. The summed E-state index contributed by atoms with van der Waals surface area (Å²) in [7, 11) is 3.33. The van der Waals surface area contributed by atoms with Crippen molar-refractivity contribution in [1.29, 1.82) is 0 Å². The molecule has 0 spiro atoms. The summed E-state index contributed by atoms with van der Waals surface area (Å²) >= 11 is 0. The lowest BCUT2D eigenvalue weighted by Crippen LogP contribution is -2.39. The van der Waals surface area contributed by atoms with Crippen molar-refractivity contribution in [2.75, 3.05) is 37.9 Å². The van der Waals surface area contributed by atoms with Crippen LogP contribution in [0.4, 0.5) is 11.4 Å². The Balaban J connectivity index is 2.05. The first kappa shape index (κ1) is 13.5. The molecule has 1 saturated heterocycles. The van der Waals surface area contributed by atoms with Gasteiger partial charge < -0.3 is 20.7 Å². The van der Waals surface area contributed by atoms with Crippen molar-refractivity contribution in [3.63, 3.8) is 0 Å². The summed E-state index contributed by atoms with van der Waals surface area (Å²) in [4.78, 5) is 13.8. The Bertz CT molecular complexity index is 454. The third-order valence-corrected chi connectivity index (χ3v) is 3.63. The maximum Gasteiger partial charge on any atom is 0.222 e. The second-order valence-electron chi connectivity index (χ2n) is 4.84. The monoisotopic (exact) mass is 263 g/mol. The van der Waals surface area contributed by atoms with Crippen molar-refractivity contribution >= 4 is 17.3 Å². The van der Waals surface area contributed by atoms with Gasteiger partial charge >= 0.3 is 0 Å². The molecule has 0 saturated carbocycles. The molecule has 0 unspecified atom stereocenters. The van der Waals surface area contributed by atoms with Crippen LogP contribution in [0.2, 0.25) is 0 Å². The number of nitrogen functional groups attached to an aromatic ring is 1. The minimum absolute atomic E-state index is 0.129. The van der Waals surface area contributed by atoms with E-state index in [-0.39, 0.29) is 11.8 Å². The highest BCUT2D eigenvalue weighted by Crippen LogP contribution is 2.28. The van der Waals surface area contributed by atoms with Gasteiger partial charge in [0.25, 0.3) is 0 Å². The van der Waals surface area contributed by atoms with E-state index in [9.17, 15) is 4.79 Å². The molecule has 1 aromatic carbocycles. The summed E-state index contributed by atoms with van der Waals surface area (Å²) in [5.41, 5.74) is 7.63. The summed E-state index contributed by atoms with van der Waals surface area (Å²) in [6.45, 7) is 1.73. The van der Waals surface area contributed by atoms with Gasteiger partial charge in [-0.05, 0) is 18.9 Å². The van der Waals surface area contributed by atoms with Crippen molar-refractivity contribution in [2.45, 2.75) is 12.8 Å². The first-order chi connectivity index (χ1) is 9.13. The van der Waals surface area contributed by atoms with Crippen molar-refractivity contribution < 1.29 is 9.53 Å². The second kappa shape index (κ2) is 5.82. The van der Waals surface area contributed by atoms with E-state index in [4.69, 9.17) is 10.5 Å². The van der Waals surface area contributed by atoms with Gasteiger partial charge in [-0.2, -0.15) is 0 Å². The quantitative estimate of drug-likeness (QED) is 0.805. The van der Waals surface area contributed by atoms with E-state index in [1.807, 2.05) is 12.1 Å². The van der Waals surface area contributed by atoms with Crippen LogP contribution in [0.25, 0.3) is 0 Å². The van der Waals surface area contributed by atoms with E-state index in [0.717, 1.165) is 37.4 Å². The van der Waals surface area contributed by atoms with Crippen molar-refractivity contribution in [1.82, 2.24) is 5.32 Å². The molecule has 104 valence electrons. The Morgan fingerprint density at radius 2 is 2.05 bits per heavy atom. The Morgan fingerprint density at radius 1 is 1.37 bits per heavy atom. The Morgan fingerprint density at radius 3 is 2.63 bits per heavy atom. The van der Waals surface area contributed by atoms with Crippen LogP contribution >= 0.6 is 0 Å². The van der Waals surface area contributed by atoms with Gasteiger partial charge in [0, 0.05) is 49.6 Å². The number of benzene rings is 1. The fraction of sp³-hybridized carbons (Fsp3) is 0.500. The van der Waals surface area contributed by atoms with E-state index in [1.165, 1.54) is 0 Å². The molecule has 5 heteroatoms. The van der Waals surface area contributed by atoms with Crippen LogP contribution < -0.4 is 20.7 Å². The number of amides is 1. The Labute approximate surface area is 113 Å². The Hall–Kier alpha value is -1.91. The smallest absolute Gasteiger partial charge is 0.222 e. The lowest BCUT2D eigenvalue weighted by Gasteiger charge is -2.33. The highest BCUT2D eigenvalue weighted by molar-refractivity contribution is 5.78. The molecule has 0 atom stereocenters. The Kier molecular flexibility index (Phi) is 4.14.